The van der Waals surface area contributed by atoms with Gasteiger partial charge in [-0.25, -0.2) is 4.98 Å². The number of piperazine rings is 1. The maximum Gasteiger partial charge on any atom is 0.242 e. The summed E-state index contributed by atoms with van der Waals surface area (Å²) < 4.78 is 0. The Bertz CT molecular complexity index is 623. The van der Waals surface area contributed by atoms with Gasteiger partial charge in [0.05, 0.1) is 11.6 Å². The molecule has 1 saturated carbocycles. The molecular weight excluding hydrogens is 352 g/mol. The van der Waals surface area contributed by atoms with Crippen LogP contribution in [0, 0.1) is 5.92 Å². The van der Waals surface area contributed by atoms with E-state index in [1.165, 1.54) is 19.3 Å². The van der Waals surface area contributed by atoms with E-state index in [0.717, 1.165) is 12.8 Å². The SMILES string of the molecule is CN(CC(=O)N1CCN(C(=O)C2CCCCC2)CC1)c1ccc(Cl)cn1. The van der Waals surface area contributed by atoms with E-state index in [-0.39, 0.29) is 18.4 Å². The zero-order valence-electron chi connectivity index (χ0n) is 15.4. The lowest BCUT2D eigenvalue weighted by Gasteiger charge is -2.37. The molecule has 0 aromatic carbocycles. The molecule has 0 N–H and O–H groups in total. The third-order valence-electron chi connectivity index (χ3n) is 5.37. The Morgan fingerprint density at radius 1 is 1.12 bits per heavy atom. The molecule has 1 aliphatic heterocycles. The molecule has 6 nitrogen and oxygen atoms in total. The van der Waals surface area contributed by atoms with Crippen molar-refractivity contribution in [3.63, 3.8) is 0 Å². The zero-order chi connectivity index (χ0) is 18.5. The fourth-order valence-corrected chi connectivity index (χ4v) is 3.87. The van der Waals surface area contributed by atoms with Crippen molar-refractivity contribution >= 4 is 29.2 Å². The fourth-order valence-electron chi connectivity index (χ4n) is 3.76. The van der Waals surface area contributed by atoms with E-state index in [4.69, 9.17) is 11.6 Å². The van der Waals surface area contributed by atoms with Gasteiger partial charge >= 0.3 is 0 Å². The molecule has 1 aromatic rings. The van der Waals surface area contributed by atoms with Gasteiger partial charge < -0.3 is 14.7 Å². The topological polar surface area (TPSA) is 56.8 Å². The number of hydrogen-bond acceptors (Lipinski definition) is 4. The van der Waals surface area contributed by atoms with Crippen LogP contribution >= 0.6 is 11.6 Å². The summed E-state index contributed by atoms with van der Waals surface area (Å²) in [4.78, 5) is 35.0. The number of anilines is 1. The van der Waals surface area contributed by atoms with Crippen LogP contribution in [0.1, 0.15) is 32.1 Å². The largest absolute Gasteiger partial charge is 0.350 e. The van der Waals surface area contributed by atoms with Crippen molar-refractivity contribution < 1.29 is 9.59 Å². The Morgan fingerprint density at radius 3 is 2.38 bits per heavy atom. The van der Waals surface area contributed by atoms with E-state index in [1.807, 2.05) is 21.7 Å². The van der Waals surface area contributed by atoms with Gasteiger partial charge in [0, 0.05) is 45.3 Å². The van der Waals surface area contributed by atoms with Crippen LogP contribution < -0.4 is 4.90 Å². The van der Waals surface area contributed by atoms with Crippen LogP contribution in [0.4, 0.5) is 5.82 Å². The maximum atomic E-state index is 12.6. The zero-order valence-corrected chi connectivity index (χ0v) is 16.1. The summed E-state index contributed by atoms with van der Waals surface area (Å²) in [5, 5.41) is 0.576. The fraction of sp³-hybridized carbons (Fsp3) is 0.632. The molecule has 2 aliphatic rings. The second kappa shape index (κ2) is 8.71. The number of nitrogens with zero attached hydrogens (tertiary/aromatic N) is 4. The van der Waals surface area contributed by atoms with Gasteiger partial charge in [0.1, 0.15) is 5.82 Å². The first-order chi connectivity index (χ1) is 12.5. The van der Waals surface area contributed by atoms with E-state index in [0.29, 0.717) is 42.9 Å². The van der Waals surface area contributed by atoms with Gasteiger partial charge in [0.15, 0.2) is 0 Å². The lowest BCUT2D eigenvalue weighted by molar-refractivity contribution is -0.142. The number of aromatic nitrogens is 1. The Hall–Kier alpha value is -1.82. The molecule has 2 amide bonds. The molecule has 2 heterocycles. The quantitative estimate of drug-likeness (QED) is 0.807. The average molecular weight is 379 g/mol. The monoisotopic (exact) mass is 378 g/mol. The lowest BCUT2D eigenvalue weighted by Crippen LogP contribution is -2.53. The van der Waals surface area contributed by atoms with E-state index in [9.17, 15) is 9.59 Å². The predicted molar refractivity (Wildman–Crippen MR) is 102 cm³/mol. The van der Waals surface area contributed by atoms with Gasteiger partial charge in [-0.15, -0.1) is 0 Å². The van der Waals surface area contributed by atoms with Crippen LogP contribution in [0.15, 0.2) is 18.3 Å². The van der Waals surface area contributed by atoms with Crippen LogP contribution in [0.2, 0.25) is 5.02 Å². The molecule has 7 heteroatoms. The summed E-state index contributed by atoms with van der Waals surface area (Å²) in [5.41, 5.74) is 0. The van der Waals surface area contributed by atoms with Crippen molar-refractivity contribution in [3.8, 4) is 0 Å². The van der Waals surface area contributed by atoms with E-state index in [1.54, 1.807) is 18.3 Å². The first-order valence-corrected chi connectivity index (χ1v) is 9.81. The standard InChI is InChI=1S/C19H27ClN4O2/c1-22(17-8-7-16(20)13-21-17)14-18(25)23-9-11-24(12-10-23)19(26)15-5-3-2-4-6-15/h7-8,13,15H,2-6,9-12,14H2,1H3. The summed E-state index contributed by atoms with van der Waals surface area (Å²) in [6, 6.07) is 3.57. The lowest BCUT2D eigenvalue weighted by atomic mass is 9.88. The minimum Gasteiger partial charge on any atom is -0.350 e. The van der Waals surface area contributed by atoms with Gasteiger partial charge in [0.2, 0.25) is 11.8 Å². The Labute approximate surface area is 160 Å². The van der Waals surface area contributed by atoms with Crippen molar-refractivity contribution in [2.24, 2.45) is 5.92 Å². The summed E-state index contributed by atoms with van der Waals surface area (Å²) in [6.07, 6.45) is 7.21. The number of rotatable bonds is 4. The van der Waals surface area contributed by atoms with Crippen molar-refractivity contribution in [2.45, 2.75) is 32.1 Å². The minimum absolute atomic E-state index is 0.0639. The van der Waals surface area contributed by atoms with Gasteiger partial charge in [-0.05, 0) is 25.0 Å². The molecule has 2 fully saturated rings. The van der Waals surface area contributed by atoms with Crippen LogP contribution in [0.3, 0.4) is 0 Å². The number of halogens is 1. The summed E-state index contributed by atoms with van der Waals surface area (Å²) in [7, 11) is 1.84. The van der Waals surface area contributed by atoms with Crippen LogP contribution in [0.25, 0.3) is 0 Å². The minimum atomic E-state index is 0.0639. The third kappa shape index (κ3) is 4.67. The normalized spacial score (nSPS) is 18.7. The first kappa shape index (κ1) is 19.0. The number of pyridine rings is 1. The molecule has 142 valence electrons. The van der Waals surface area contributed by atoms with Crippen molar-refractivity contribution in [1.82, 2.24) is 14.8 Å². The van der Waals surface area contributed by atoms with Gasteiger partial charge in [0.25, 0.3) is 0 Å². The van der Waals surface area contributed by atoms with Crippen LogP contribution in [0.5, 0.6) is 0 Å². The number of carbonyl (C=O) groups is 2. The second-order valence-corrected chi connectivity index (χ2v) is 7.67. The highest BCUT2D eigenvalue weighted by molar-refractivity contribution is 6.30. The van der Waals surface area contributed by atoms with E-state index < -0.39 is 0 Å². The van der Waals surface area contributed by atoms with Gasteiger partial charge in [-0.2, -0.15) is 0 Å². The first-order valence-electron chi connectivity index (χ1n) is 9.44. The molecule has 0 atom stereocenters. The average Bonchev–Trinajstić information content (AvgIpc) is 2.68. The van der Waals surface area contributed by atoms with Crippen LogP contribution in [-0.2, 0) is 9.59 Å². The molecule has 0 bridgehead atoms. The maximum absolute atomic E-state index is 12.6. The molecule has 1 aromatic heterocycles. The number of likely N-dealkylation sites (N-methyl/N-ethyl adjacent to an activating group) is 1. The van der Waals surface area contributed by atoms with Crippen molar-refractivity contribution in [2.75, 3.05) is 44.7 Å². The molecule has 1 saturated heterocycles. The highest BCUT2D eigenvalue weighted by Crippen LogP contribution is 2.25. The van der Waals surface area contributed by atoms with E-state index >= 15 is 0 Å². The Kier molecular flexibility index (Phi) is 6.35. The highest BCUT2D eigenvalue weighted by Gasteiger charge is 2.29. The number of carbonyl (C=O) groups excluding carboxylic acids is 2. The molecular formula is C19H27ClN4O2. The molecule has 0 spiro atoms. The molecule has 0 radical (unpaired) electrons. The van der Waals surface area contributed by atoms with Gasteiger partial charge in [-0.1, -0.05) is 30.9 Å². The highest BCUT2D eigenvalue weighted by atomic mass is 35.5. The smallest absolute Gasteiger partial charge is 0.242 e. The van der Waals surface area contributed by atoms with Crippen molar-refractivity contribution in [3.05, 3.63) is 23.4 Å². The summed E-state index contributed by atoms with van der Waals surface area (Å²) >= 11 is 5.85. The van der Waals surface area contributed by atoms with Crippen LogP contribution in [-0.4, -0.2) is 66.4 Å². The third-order valence-corrected chi connectivity index (χ3v) is 5.60. The molecule has 1 aliphatic carbocycles. The van der Waals surface area contributed by atoms with Gasteiger partial charge in [-0.3, -0.25) is 9.59 Å². The number of amides is 2. The summed E-state index contributed by atoms with van der Waals surface area (Å²) in [5.74, 6) is 1.27. The van der Waals surface area contributed by atoms with E-state index in [2.05, 4.69) is 4.98 Å². The molecule has 0 unspecified atom stereocenters. The Morgan fingerprint density at radius 2 is 1.77 bits per heavy atom. The molecule has 3 rings (SSSR count). The number of hydrogen-bond donors (Lipinski definition) is 0. The predicted octanol–water partition coefficient (Wildman–Crippen LogP) is 2.42. The summed E-state index contributed by atoms with van der Waals surface area (Å²) in [6.45, 7) is 2.78. The molecule has 26 heavy (non-hydrogen) atoms. The van der Waals surface area contributed by atoms with Crippen molar-refractivity contribution in [1.29, 1.82) is 0 Å². The Balaban J connectivity index is 1.47. The second-order valence-electron chi connectivity index (χ2n) is 7.23.